The Hall–Kier alpha value is -1.32. The summed E-state index contributed by atoms with van der Waals surface area (Å²) in [6, 6.07) is 0.162. The van der Waals surface area contributed by atoms with Crippen molar-refractivity contribution in [1.82, 2.24) is 5.32 Å². The van der Waals surface area contributed by atoms with Gasteiger partial charge in [0.2, 0.25) is 5.91 Å². The van der Waals surface area contributed by atoms with E-state index in [0.29, 0.717) is 0 Å². The second kappa shape index (κ2) is 5.12. The minimum atomic E-state index is -0.837. The van der Waals surface area contributed by atoms with Crippen molar-refractivity contribution in [2.75, 3.05) is 0 Å². The summed E-state index contributed by atoms with van der Waals surface area (Å²) >= 11 is 0. The van der Waals surface area contributed by atoms with E-state index in [9.17, 15) is 14.7 Å². The fourth-order valence-electron chi connectivity index (χ4n) is 3.31. The molecule has 100 valence electrons. The van der Waals surface area contributed by atoms with Gasteiger partial charge in [-0.2, -0.15) is 0 Å². The number of carbonyl (C=O) groups excluding carboxylic acids is 1. The molecule has 0 aliphatic heterocycles. The van der Waals surface area contributed by atoms with Crippen LogP contribution in [0.3, 0.4) is 0 Å². The molecule has 0 radical (unpaired) electrons. The van der Waals surface area contributed by atoms with Crippen LogP contribution in [0.15, 0.2) is 12.2 Å². The lowest BCUT2D eigenvalue weighted by atomic mass is 9.82. The van der Waals surface area contributed by atoms with E-state index in [2.05, 4.69) is 5.32 Å². The maximum Gasteiger partial charge on any atom is 0.307 e. The van der Waals surface area contributed by atoms with Crippen molar-refractivity contribution >= 4 is 11.9 Å². The van der Waals surface area contributed by atoms with E-state index in [4.69, 9.17) is 0 Å². The van der Waals surface area contributed by atoms with E-state index in [1.807, 2.05) is 26.0 Å². The molecule has 4 atom stereocenters. The molecule has 4 heteroatoms. The maximum atomic E-state index is 12.3. The Labute approximate surface area is 107 Å². The summed E-state index contributed by atoms with van der Waals surface area (Å²) in [7, 11) is 0. The zero-order valence-corrected chi connectivity index (χ0v) is 10.9. The molecule has 1 fully saturated rings. The first-order valence-corrected chi connectivity index (χ1v) is 6.80. The molecule has 1 amide bonds. The van der Waals surface area contributed by atoms with Crippen LogP contribution in [0.4, 0.5) is 0 Å². The third kappa shape index (κ3) is 2.16. The number of amides is 1. The number of nitrogens with one attached hydrogen (secondary N) is 1. The zero-order chi connectivity index (χ0) is 13.3. The molecule has 2 bridgehead atoms. The number of carbonyl (C=O) groups is 2. The third-order valence-electron chi connectivity index (χ3n) is 4.38. The van der Waals surface area contributed by atoms with Crippen LogP contribution in [0.5, 0.6) is 0 Å². The molecule has 0 unspecified atom stereocenters. The van der Waals surface area contributed by atoms with Crippen LogP contribution in [0.25, 0.3) is 0 Å². The monoisotopic (exact) mass is 251 g/mol. The molecule has 4 nitrogen and oxygen atoms in total. The van der Waals surface area contributed by atoms with E-state index < -0.39 is 11.9 Å². The Morgan fingerprint density at radius 3 is 2.28 bits per heavy atom. The second-order valence-electron chi connectivity index (χ2n) is 5.36. The number of rotatable bonds is 5. The predicted octanol–water partition coefficient (Wildman–Crippen LogP) is 1.81. The highest BCUT2D eigenvalue weighted by Gasteiger charge is 2.51. The molecular weight excluding hydrogens is 230 g/mol. The van der Waals surface area contributed by atoms with Gasteiger partial charge in [-0.05, 0) is 31.1 Å². The fraction of sp³-hybridized carbons (Fsp3) is 0.714. The molecule has 2 rings (SSSR count). The largest absolute Gasteiger partial charge is 0.481 e. The molecule has 2 aliphatic rings. The number of aliphatic carboxylic acids is 1. The molecule has 0 spiro atoms. The van der Waals surface area contributed by atoms with Crippen LogP contribution in [-0.2, 0) is 9.59 Å². The van der Waals surface area contributed by atoms with Crippen molar-refractivity contribution < 1.29 is 14.7 Å². The molecule has 0 aromatic heterocycles. The maximum absolute atomic E-state index is 12.3. The van der Waals surface area contributed by atoms with Crippen LogP contribution in [0.2, 0.25) is 0 Å². The third-order valence-corrected chi connectivity index (χ3v) is 4.38. The number of carboxylic acid groups (broad SMARTS) is 1. The average Bonchev–Trinajstić information content (AvgIpc) is 2.95. The van der Waals surface area contributed by atoms with Crippen molar-refractivity contribution in [3.63, 3.8) is 0 Å². The Morgan fingerprint density at radius 2 is 1.78 bits per heavy atom. The topological polar surface area (TPSA) is 66.4 Å². The minimum absolute atomic E-state index is 0.0463. The van der Waals surface area contributed by atoms with Gasteiger partial charge in [0.1, 0.15) is 0 Å². The first kappa shape index (κ1) is 13.1. The van der Waals surface area contributed by atoms with E-state index in [0.717, 1.165) is 19.3 Å². The van der Waals surface area contributed by atoms with Crippen LogP contribution >= 0.6 is 0 Å². The smallest absolute Gasteiger partial charge is 0.307 e. The summed E-state index contributed by atoms with van der Waals surface area (Å²) in [5.74, 6) is -1.66. The number of hydrogen-bond donors (Lipinski definition) is 2. The van der Waals surface area contributed by atoms with Crippen LogP contribution in [0.1, 0.15) is 33.1 Å². The van der Waals surface area contributed by atoms with E-state index >= 15 is 0 Å². The molecule has 2 aliphatic carbocycles. The van der Waals surface area contributed by atoms with Gasteiger partial charge in [-0.15, -0.1) is 0 Å². The van der Waals surface area contributed by atoms with Crippen LogP contribution in [-0.4, -0.2) is 23.0 Å². The minimum Gasteiger partial charge on any atom is -0.481 e. The van der Waals surface area contributed by atoms with Crippen LogP contribution < -0.4 is 5.32 Å². The summed E-state index contributed by atoms with van der Waals surface area (Å²) in [4.78, 5) is 23.6. The number of fused-ring (bicyclic) bond motifs is 2. The van der Waals surface area contributed by atoms with E-state index in [1.54, 1.807) is 0 Å². The fourth-order valence-corrected chi connectivity index (χ4v) is 3.31. The van der Waals surface area contributed by atoms with E-state index in [-0.39, 0.29) is 29.7 Å². The van der Waals surface area contributed by atoms with Crippen molar-refractivity contribution in [1.29, 1.82) is 0 Å². The van der Waals surface area contributed by atoms with Gasteiger partial charge >= 0.3 is 5.97 Å². The van der Waals surface area contributed by atoms with Gasteiger partial charge in [0, 0.05) is 6.04 Å². The van der Waals surface area contributed by atoms with Gasteiger partial charge in [0.15, 0.2) is 0 Å². The average molecular weight is 251 g/mol. The highest BCUT2D eigenvalue weighted by molar-refractivity contribution is 5.87. The summed E-state index contributed by atoms with van der Waals surface area (Å²) in [5.41, 5.74) is 0. The quantitative estimate of drug-likeness (QED) is 0.732. The van der Waals surface area contributed by atoms with Gasteiger partial charge in [0.05, 0.1) is 11.8 Å². The predicted molar refractivity (Wildman–Crippen MR) is 67.9 cm³/mol. The molecule has 2 N–H and O–H groups in total. The first-order valence-electron chi connectivity index (χ1n) is 6.80. The lowest BCUT2D eigenvalue weighted by molar-refractivity contribution is -0.148. The molecular formula is C14H21NO3. The number of carboxylic acids is 1. The first-order chi connectivity index (χ1) is 8.58. The summed E-state index contributed by atoms with van der Waals surface area (Å²) < 4.78 is 0. The highest BCUT2D eigenvalue weighted by Crippen LogP contribution is 2.48. The molecule has 0 aromatic rings. The Morgan fingerprint density at radius 1 is 1.22 bits per heavy atom. The molecule has 0 heterocycles. The molecule has 1 saturated carbocycles. The second-order valence-corrected chi connectivity index (χ2v) is 5.36. The van der Waals surface area contributed by atoms with E-state index in [1.165, 1.54) is 0 Å². The SMILES string of the molecule is CCC(CC)NC(=O)[C@H]1[C@H](C(=O)O)[C@H]2C=C[C@H]1C2. The van der Waals surface area contributed by atoms with Crippen molar-refractivity contribution in [3.05, 3.63) is 12.2 Å². The Balaban J connectivity index is 2.09. The highest BCUT2D eigenvalue weighted by atomic mass is 16.4. The summed E-state index contributed by atoms with van der Waals surface area (Å²) in [5, 5.41) is 12.3. The number of allylic oxidation sites excluding steroid dienone is 2. The van der Waals surface area contributed by atoms with Gasteiger partial charge in [-0.3, -0.25) is 9.59 Å². The lowest BCUT2D eigenvalue weighted by Gasteiger charge is -2.26. The van der Waals surface area contributed by atoms with Gasteiger partial charge in [0.25, 0.3) is 0 Å². The van der Waals surface area contributed by atoms with Gasteiger partial charge in [-0.1, -0.05) is 26.0 Å². The zero-order valence-electron chi connectivity index (χ0n) is 10.9. The van der Waals surface area contributed by atoms with Gasteiger partial charge in [-0.25, -0.2) is 0 Å². The Bertz CT molecular complexity index is 373. The molecule has 0 saturated heterocycles. The van der Waals surface area contributed by atoms with Crippen molar-refractivity contribution in [2.24, 2.45) is 23.7 Å². The normalized spacial score (nSPS) is 33.1. The summed E-state index contributed by atoms with van der Waals surface area (Å²) in [6.07, 6.45) is 6.57. The lowest BCUT2D eigenvalue weighted by Crippen LogP contribution is -2.44. The summed E-state index contributed by atoms with van der Waals surface area (Å²) in [6.45, 7) is 4.06. The standard InChI is InChI=1S/C14H21NO3/c1-3-10(4-2)15-13(16)11-8-5-6-9(7-8)12(11)14(17)18/h5-6,8-12H,3-4,7H2,1-2H3,(H,15,16)(H,17,18)/t8-,9-,11+,12+/m0/s1. The van der Waals surface area contributed by atoms with Gasteiger partial charge < -0.3 is 10.4 Å². The Kier molecular flexibility index (Phi) is 3.73. The van der Waals surface area contributed by atoms with Crippen LogP contribution in [0, 0.1) is 23.7 Å². The number of hydrogen-bond acceptors (Lipinski definition) is 2. The molecule has 0 aromatic carbocycles. The molecule has 18 heavy (non-hydrogen) atoms. The van der Waals surface area contributed by atoms with Crippen molar-refractivity contribution in [2.45, 2.75) is 39.2 Å². The van der Waals surface area contributed by atoms with Crippen molar-refractivity contribution in [3.8, 4) is 0 Å².